The average molecular weight is 550 g/mol. The van der Waals surface area contributed by atoms with Gasteiger partial charge in [-0.25, -0.2) is 0 Å². The molecule has 0 amide bonds. The summed E-state index contributed by atoms with van der Waals surface area (Å²) in [6, 6.07) is 41.9. The van der Waals surface area contributed by atoms with Gasteiger partial charge in [-0.1, -0.05) is 116 Å². The quantitative estimate of drug-likeness (QED) is 0.210. The molecular formula is C41H27NO. The molecule has 3 aromatic heterocycles. The predicted molar refractivity (Wildman–Crippen MR) is 182 cm³/mol. The van der Waals surface area contributed by atoms with Crippen LogP contribution >= 0.6 is 0 Å². The molecule has 202 valence electrons. The SMILES string of the molecule is CC1C=C(c2ccccc2)C=C(c2cc3oc4c5cc6ccccc6c6c7ccccc7n(c56)c4c3c3ccccc23)C1. The van der Waals surface area contributed by atoms with Crippen LogP contribution in [0.3, 0.4) is 0 Å². The molecule has 10 rings (SSSR count). The van der Waals surface area contributed by atoms with Gasteiger partial charge in [-0.05, 0) is 74.4 Å². The summed E-state index contributed by atoms with van der Waals surface area (Å²) in [5, 5.41) is 10.0. The van der Waals surface area contributed by atoms with Crippen molar-refractivity contribution in [2.24, 2.45) is 5.92 Å². The van der Waals surface area contributed by atoms with Crippen LogP contribution in [-0.4, -0.2) is 4.40 Å². The van der Waals surface area contributed by atoms with Crippen molar-refractivity contribution in [3.63, 3.8) is 0 Å². The van der Waals surface area contributed by atoms with Gasteiger partial charge in [0.1, 0.15) is 11.1 Å². The lowest BCUT2D eigenvalue weighted by molar-refractivity contribution is 0.673. The van der Waals surface area contributed by atoms with E-state index in [2.05, 4.69) is 139 Å². The van der Waals surface area contributed by atoms with E-state index in [0.29, 0.717) is 5.92 Å². The summed E-state index contributed by atoms with van der Waals surface area (Å²) in [7, 11) is 0. The Hall–Kier alpha value is -5.34. The van der Waals surface area contributed by atoms with Crippen LogP contribution in [-0.2, 0) is 0 Å². The number of para-hydroxylation sites is 1. The van der Waals surface area contributed by atoms with Crippen molar-refractivity contribution in [3.05, 3.63) is 139 Å². The highest BCUT2D eigenvalue weighted by Gasteiger charge is 2.26. The van der Waals surface area contributed by atoms with Crippen LogP contribution in [0.1, 0.15) is 24.5 Å². The summed E-state index contributed by atoms with van der Waals surface area (Å²) >= 11 is 0. The summed E-state index contributed by atoms with van der Waals surface area (Å²) in [6.07, 6.45) is 5.80. The lowest BCUT2D eigenvalue weighted by Crippen LogP contribution is -2.01. The molecule has 43 heavy (non-hydrogen) atoms. The summed E-state index contributed by atoms with van der Waals surface area (Å²) in [5.74, 6) is 0.450. The first-order chi connectivity index (χ1) is 21.2. The minimum atomic E-state index is 0.450. The Bertz CT molecular complexity index is 2650. The van der Waals surface area contributed by atoms with Gasteiger partial charge in [-0.15, -0.1) is 0 Å². The zero-order valence-electron chi connectivity index (χ0n) is 23.8. The van der Waals surface area contributed by atoms with Crippen LogP contribution in [0, 0.1) is 5.92 Å². The lowest BCUT2D eigenvalue weighted by atomic mass is 9.83. The Morgan fingerprint density at radius 2 is 1.37 bits per heavy atom. The number of furan rings is 1. The van der Waals surface area contributed by atoms with Gasteiger partial charge in [0, 0.05) is 16.2 Å². The van der Waals surface area contributed by atoms with E-state index in [1.54, 1.807) is 0 Å². The second kappa shape index (κ2) is 8.36. The fraction of sp³-hybridized carbons (Fsp3) is 0.0732. The highest BCUT2D eigenvalue weighted by Crippen LogP contribution is 2.48. The number of hydrogen-bond donors (Lipinski definition) is 0. The van der Waals surface area contributed by atoms with Crippen molar-refractivity contribution in [2.45, 2.75) is 13.3 Å². The van der Waals surface area contributed by atoms with Gasteiger partial charge in [-0.2, -0.15) is 0 Å². The summed E-state index contributed by atoms with van der Waals surface area (Å²) in [6.45, 7) is 2.32. The molecule has 1 aliphatic carbocycles. The minimum Gasteiger partial charge on any atom is -0.454 e. The standard InChI is InChI=1S/C41H27NO/c1-24-19-27(25-11-3-2-4-12-25)21-28(20-24)33-23-36-38(31-16-8-7-15-30(31)33)40-41(43-36)34-22-26-13-5-6-14-29(26)37-32-17-9-10-18-35(32)42(40)39(34)37/h2-19,21-24H,20H2,1H3. The van der Waals surface area contributed by atoms with Gasteiger partial charge in [0.15, 0.2) is 5.58 Å². The Kier molecular flexibility index (Phi) is 4.52. The van der Waals surface area contributed by atoms with Gasteiger partial charge in [0.25, 0.3) is 0 Å². The van der Waals surface area contributed by atoms with E-state index in [9.17, 15) is 0 Å². The first-order valence-corrected chi connectivity index (χ1v) is 15.2. The Morgan fingerprint density at radius 1 is 0.651 bits per heavy atom. The number of nitrogens with zero attached hydrogens (tertiary/aromatic N) is 1. The van der Waals surface area contributed by atoms with Gasteiger partial charge >= 0.3 is 0 Å². The highest BCUT2D eigenvalue weighted by molar-refractivity contribution is 6.34. The van der Waals surface area contributed by atoms with Crippen LogP contribution in [0.15, 0.2) is 132 Å². The maximum absolute atomic E-state index is 6.95. The number of fused-ring (bicyclic) bond motifs is 12. The zero-order valence-corrected chi connectivity index (χ0v) is 23.8. The summed E-state index contributed by atoms with van der Waals surface area (Å²) in [5.41, 5.74) is 10.8. The minimum absolute atomic E-state index is 0.450. The van der Waals surface area contributed by atoms with Crippen LogP contribution < -0.4 is 0 Å². The van der Waals surface area contributed by atoms with E-state index in [4.69, 9.17) is 4.42 Å². The van der Waals surface area contributed by atoms with Crippen molar-refractivity contribution in [3.8, 4) is 0 Å². The maximum atomic E-state index is 6.95. The van der Waals surface area contributed by atoms with E-state index in [1.165, 1.54) is 81.9 Å². The molecule has 1 aliphatic rings. The number of allylic oxidation sites excluding steroid dienone is 4. The second-order valence-electron chi connectivity index (χ2n) is 12.2. The van der Waals surface area contributed by atoms with E-state index < -0.39 is 0 Å². The van der Waals surface area contributed by atoms with Crippen molar-refractivity contribution in [1.82, 2.24) is 4.40 Å². The molecule has 6 aromatic carbocycles. The molecule has 0 N–H and O–H groups in total. The molecule has 0 bridgehead atoms. The van der Waals surface area contributed by atoms with Crippen molar-refractivity contribution in [2.75, 3.05) is 0 Å². The molecule has 9 aromatic rings. The Morgan fingerprint density at radius 3 is 2.23 bits per heavy atom. The third-order valence-corrected chi connectivity index (χ3v) is 9.59. The van der Waals surface area contributed by atoms with Crippen LogP contribution in [0.4, 0.5) is 0 Å². The Balaban J connectivity index is 1.35. The summed E-state index contributed by atoms with van der Waals surface area (Å²) < 4.78 is 9.42. The molecule has 1 atom stereocenters. The van der Waals surface area contributed by atoms with E-state index in [1.807, 2.05) is 0 Å². The summed E-state index contributed by atoms with van der Waals surface area (Å²) in [4.78, 5) is 0. The molecule has 2 heteroatoms. The van der Waals surface area contributed by atoms with Crippen LogP contribution in [0.25, 0.3) is 82.0 Å². The molecule has 0 saturated carbocycles. The van der Waals surface area contributed by atoms with E-state index in [0.717, 1.165) is 17.6 Å². The number of benzene rings is 6. The van der Waals surface area contributed by atoms with Gasteiger partial charge in [0.2, 0.25) is 0 Å². The normalized spacial score (nSPS) is 16.0. The smallest absolute Gasteiger partial charge is 0.161 e. The molecule has 2 nitrogen and oxygen atoms in total. The molecular weight excluding hydrogens is 522 g/mol. The van der Waals surface area contributed by atoms with Crippen LogP contribution in [0.2, 0.25) is 0 Å². The highest BCUT2D eigenvalue weighted by atomic mass is 16.3. The number of hydrogen-bond acceptors (Lipinski definition) is 1. The number of rotatable bonds is 2. The largest absolute Gasteiger partial charge is 0.454 e. The third-order valence-electron chi connectivity index (χ3n) is 9.59. The molecule has 0 aliphatic heterocycles. The number of aromatic nitrogens is 1. The monoisotopic (exact) mass is 549 g/mol. The van der Waals surface area contributed by atoms with Crippen LogP contribution in [0.5, 0.6) is 0 Å². The first kappa shape index (κ1) is 23.2. The first-order valence-electron chi connectivity index (χ1n) is 15.2. The fourth-order valence-corrected chi connectivity index (χ4v) is 7.86. The van der Waals surface area contributed by atoms with Crippen molar-refractivity contribution in [1.29, 1.82) is 0 Å². The van der Waals surface area contributed by atoms with Gasteiger partial charge < -0.3 is 8.82 Å². The topological polar surface area (TPSA) is 17.6 Å². The Labute approximate surface area is 248 Å². The molecule has 1 unspecified atom stereocenters. The van der Waals surface area contributed by atoms with Gasteiger partial charge in [0.05, 0.1) is 16.4 Å². The molecule has 0 radical (unpaired) electrons. The van der Waals surface area contributed by atoms with Crippen molar-refractivity contribution >= 4 is 82.0 Å². The lowest BCUT2D eigenvalue weighted by Gasteiger charge is -2.21. The molecule has 0 saturated heterocycles. The van der Waals surface area contributed by atoms with E-state index >= 15 is 0 Å². The molecule has 0 fully saturated rings. The molecule has 3 heterocycles. The predicted octanol–water partition coefficient (Wildman–Crippen LogP) is 11.4. The fourth-order valence-electron chi connectivity index (χ4n) is 7.86. The maximum Gasteiger partial charge on any atom is 0.161 e. The molecule has 0 spiro atoms. The third kappa shape index (κ3) is 3.08. The average Bonchev–Trinajstić information content (AvgIpc) is 3.70. The zero-order chi connectivity index (χ0) is 28.2. The van der Waals surface area contributed by atoms with Gasteiger partial charge in [-0.3, -0.25) is 0 Å². The van der Waals surface area contributed by atoms with E-state index in [-0.39, 0.29) is 0 Å². The second-order valence-corrected chi connectivity index (χ2v) is 12.2. The van der Waals surface area contributed by atoms with Crippen molar-refractivity contribution < 1.29 is 4.42 Å².